The number of aliphatic imine (C=N–C) groups is 1. The molecule has 9 heteroatoms. The van der Waals surface area contributed by atoms with E-state index in [2.05, 4.69) is 28.6 Å². The number of nitrogens with one attached hydrogen (secondary N) is 2. The molecule has 23 heavy (non-hydrogen) atoms. The maximum atomic E-state index is 12.2. The molecular formula is C14H24F3IN4S. The second-order valence-electron chi connectivity index (χ2n) is 5.09. The average Bonchev–Trinajstić information content (AvgIpc) is 2.81. The van der Waals surface area contributed by atoms with Crippen molar-refractivity contribution < 1.29 is 13.2 Å². The Morgan fingerprint density at radius 2 is 2.04 bits per heavy atom. The first-order chi connectivity index (χ1) is 10.3. The lowest BCUT2D eigenvalue weighted by molar-refractivity contribution is -0.143. The van der Waals surface area contributed by atoms with Crippen molar-refractivity contribution in [3.8, 4) is 0 Å². The molecule has 0 bridgehead atoms. The predicted molar refractivity (Wildman–Crippen MR) is 101 cm³/mol. The molecule has 0 saturated heterocycles. The van der Waals surface area contributed by atoms with Gasteiger partial charge in [0.25, 0.3) is 0 Å². The molecule has 0 radical (unpaired) electrons. The van der Waals surface area contributed by atoms with Gasteiger partial charge in [-0.3, -0.25) is 9.89 Å². The molecule has 1 heterocycles. The van der Waals surface area contributed by atoms with Gasteiger partial charge in [-0.2, -0.15) is 13.2 Å². The summed E-state index contributed by atoms with van der Waals surface area (Å²) in [6.45, 7) is 2.83. The third-order valence-electron chi connectivity index (χ3n) is 3.07. The van der Waals surface area contributed by atoms with Crippen LogP contribution in [-0.2, 0) is 6.54 Å². The van der Waals surface area contributed by atoms with E-state index in [1.807, 2.05) is 5.38 Å². The van der Waals surface area contributed by atoms with Crippen LogP contribution in [0.1, 0.15) is 16.9 Å². The Morgan fingerprint density at radius 1 is 1.35 bits per heavy atom. The zero-order valence-electron chi connectivity index (χ0n) is 13.5. The highest BCUT2D eigenvalue weighted by molar-refractivity contribution is 14.0. The second kappa shape index (κ2) is 11.1. The molecule has 2 N–H and O–H groups in total. The molecule has 1 rings (SSSR count). The molecule has 0 amide bonds. The SMILES string of the molecule is CN=C(NCCCN(C)CC(F)(F)F)NCc1sccc1C.I. The van der Waals surface area contributed by atoms with Crippen LogP contribution < -0.4 is 10.6 Å². The first kappa shape index (κ1) is 22.4. The summed E-state index contributed by atoms with van der Waals surface area (Å²) in [7, 11) is 3.15. The highest BCUT2D eigenvalue weighted by atomic mass is 127. The summed E-state index contributed by atoms with van der Waals surface area (Å²) in [5.74, 6) is 0.659. The normalized spacial score (nSPS) is 12.2. The minimum Gasteiger partial charge on any atom is -0.356 e. The molecule has 0 aliphatic heterocycles. The number of guanidine groups is 1. The molecule has 0 spiro atoms. The van der Waals surface area contributed by atoms with Gasteiger partial charge in [0, 0.05) is 18.5 Å². The van der Waals surface area contributed by atoms with Gasteiger partial charge in [0.2, 0.25) is 0 Å². The highest BCUT2D eigenvalue weighted by Gasteiger charge is 2.28. The lowest BCUT2D eigenvalue weighted by Gasteiger charge is -2.18. The van der Waals surface area contributed by atoms with Crippen LogP contribution in [0.4, 0.5) is 13.2 Å². The first-order valence-corrected chi connectivity index (χ1v) is 7.92. The van der Waals surface area contributed by atoms with E-state index in [9.17, 15) is 13.2 Å². The van der Waals surface area contributed by atoms with Gasteiger partial charge < -0.3 is 10.6 Å². The van der Waals surface area contributed by atoms with E-state index in [0.717, 1.165) is 0 Å². The van der Waals surface area contributed by atoms with Crippen molar-refractivity contribution in [1.29, 1.82) is 0 Å². The second-order valence-corrected chi connectivity index (χ2v) is 6.09. The smallest absolute Gasteiger partial charge is 0.356 e. The number of halogens is 4. The fourth-order valence-corrected chi connectivity index (χ4v) is 2.76. The summed E-state index contributed by atoms with van der Waals surface area (Å²) >= 11 is 1.68. The number of nitrogens with zero attached hydrogens (tertiary/aromatic N) is 2. The van der Waals surface area contributed by atoms with Gasteiger partial charge in [0.15, 0.2) is 5.96 Å². The maximum Gasteiger partial charge on any atom is 0.401 e. The van der Waals surface area contributed by atoms with E-state index >= 15 is 0 Å². The van der Waals surface area contributed by atoms with Gasteiger partial charge in [-0.15, -0.1) is 35.3 Å². The van der Waals surface area contributed by atoms with Crippen molar-refractivity contribution in [1.82, 2.24) is 15.5 Å². The van der Waals surface area contributed by atoms with Crippen molar-refractivity contribution in [2.75, 3.05) is 33.7 Å². The molecule has 1 aromatic heterocycles. The van der Waals surface area contributed by atoms with Gasteiger partial charge in [-0.25, -0.2) is 0 Å². The Hall–Kier alpha value is -0.550. The van der Waals surface area contributed by atoms with Crippen LogP contribution in [0, 0.1) is 6.92 Å². The quantitative estimate of drug-likeness (QED) is 0.282. The zero-order chi connectivity index (χ0) is 16.6. The Kier molecular flexibility index (Phi) is 10.8. The molecule has 134 valence electrons. The number of aryl methyl sites for hydroxylation is 1. The van der Waals surface area contributed by atoms with E-state index in [0.29, 0.717) is 32.0 Å². The predicted octanol–water partition coefficient (Wildman–Crippen LogP) is 3.22. The fourth-order valence-electron chi connectivity index (χ4n) is 1.91. The van der Waals surface area contributed by atoms with E-state index in [4.69, 9.17) is 0 Å². The zero-order valence-corrected chi connectivity index (χ0v) is 16.7. The van der Waals surface area contributed by atoms with Gasteiger partial charge >= 0.3 is 6.18 Å². The molecule has 0 aromatic carbocycles. The molecule has 0 atom stereocenters. The molecule has 0 saturated carbocycles. The van der Waals surface area contributed by atoms with Crippen molar-refractivity contribution in [3.05, 3.63) is 21.9 Å². The number of alkyl halides is 3. The van der Waals surface area contributed by atoms with Crippen molar-refractivity contribution in [2.45, 2.75) is 26.1 Å². The molecular weight excluding hydrogens is 440 g/mol. The summed E-state index contributed by atoms with van der Waals surface area (Å²) < 4.78 is 36.5. The van der Waals surface area contributed by atoms with Gasteiger partial charge in [0.05, 0.1) is 13.1 Å². The number of hydrogen-bond acceptors (Lipinski definition) is 3. The topological polar surface area (TPSA) is 39.7 Å². The number of thiophene rings is 1. The third-order valence-corrected chi connectivity index (χ3v) is 4.09. The van der Waals surface area contributed by atoms with Crippen molar-refractivity contribution in [3.63, 3.8) is 0 Å². The molecule has 4 nitrogen and oxygen atoms in total. The van der Waals surface area contributed by atoms with Crippen LogP contribution in [0.5, 0.6) is 0 Å². The minimum atomic E-state index is -4.14. The van der Waals surface area contributed by atoms with Crippen molar-refractivity contribution in [2.24, 2.45) is 4.99 Å². The first-order valence-electron chi connectivity index (χ1n) is 7.04. The Morgan fingerprint density at radius 3 is 2.57 bits per heavy atom. The summed E-state index contributed by atoms with van der Waals surface area (Å²) in [5, 5.41) is 8.34. The number of hydrogen-bond donors (Lipinski definition) is 2. The minimum absolute atomic E-state index is 0. The van der Waals surface area contributed by atoms with Crippen LogP contribution in [0.3, 0.4) is 0 Å². The monoisotopic (exact) mass is 464 g/mol. The van der Waals surface area contributed by atoms with E-state index in [1.165, 1.54) is 22.4 Å². The lowest BCUT2D eigenvalue weighted by Crippen LogP contribution is -2.38. The largest absolute Gasteiger partial charge is 0.401 e. The van der Waals surface area contributed by atoms with Crippen LogP contribution >= 0.6 is 35.3 Å². The summed E-state index contributed by atoms with van der Waals surface area (Å²) in [4.78, 5) is 6.61. The van der Waals surface area contributed by atoms with Crippen molar-refractivity contribution >= 4 is 41.3 Å². The van der Waals surface area contributed by atoms with Gasteiger partial charge in [-0.05, 0) is 43.9 Å². The van der Waals surface area contributed by atoms with Crippen LogP contribution in [0.25, 0.3) is 0 Å². The fraction of sp³-hybridized carbons (Fsp3) is 0.643. The molecule has 0 fully saturated rings. The Balaban J connectivity index is 0.00000484. The number of rotatable bonds is 7. The summed E-state index contributed by atoms with van der Waals surface area (Å²) in [6.07, 6.45) is -3.52. The van der Waals surface area contributed by atoms with E-state index in [1.54, 1.807) is 18.4 Å². The van der Waals surface area contributed by atoms with Crippen LogP contribution in [0.15, 0.2) is 16.4 Å². The van der Waals surface area contributed by atoms with Crippen LogP contribution in [-0.4, -0.2) is 50.8 Å². The lowest BCUT2D eigenvalue weighted by atomic mass is 10.3. The maximum absolute atomic E-state index is 12.2. The highest BCUT2D eigenvalue weighted by Crippen LogP contribution is 2.15. The van der Waals surface area contributed by atoms with E-state index < -0.39 is 12.7 Å². The van der Waals surface area contributed by atoms with Crippen LogP contribution in [0.2, 0.25) is 0 Å². The molecule has 1 aromatic rings. The summed E-state index contributed by atoms with van der Waals surface area (Å²) in [6, 6.07) is 2.06. The van der Waals surface area contributed by atoms with Gasteiger partial charge in [-0.1, -0.05) is 0 Å². The summed E-state index contributed by atoms with van der Waals surface area (Å²) in [5.41, 5.74) is 1.24. The Bertz CT molecular complexity index is 477. The average molecular weight is 464 g/mol. The molecule has 0 unspecified atom stereocenters. The molecule has 0 aliphatic carbocycles. The van der Waals surface area contributed by atoms with Gasteiger partial charge in [0.1, 0.15) is 0 Å². The standard InChI is InChI=1S/C14H23F3N4S.HI/c1-11-5-8-22-12(11)9-20-13(18-2)19-6-4-7-21(3)10-14(15,16)17;/h5,8H,4,6-7,9-10H2,1-3H3,(H2,18,19,20);1H. The molecule has 0 aliphatic rings. The Labute approximate surface area is 156 Å². The third kappa shape index (κ3) is 10.0. The van der Waals surface area contributed by atoms with E-state index in [-0.39, 0.29) is 24.0 Å².